The van der Waals surface area contributed by atoms with Crippen molar-refractivity contribution in [1.82, 2.24) is 0 Å². The molecule has 0 N–H and O–H groups in total. The van der Waals surface area contributed by atoms with Crippen LogP contribution in [0, 0.1) is 6.92 Å². The van der Waals surface area contributed by atoms with Gasteiger partial charge in [-0.3, -0.25) is 0 Å². The lowest BCUT2D eigenvalue weighted by atomic mass is 10.2. The van der Waals surface area contributed by atoms with Gasteiger partial charge in [0.2, 0.25) is 0 Å². The molecule has 0 aromatic heterocycles. The molecular weight excluding hydrogens is 252 g/mol. The first-order valence-electron chi connectivity index (χ1n) is 3.91. The van der Waals surface area contributed by atoms with E-state index in [0.29, 0.717) is 0 Å². The summed E-state index contributed by atoms with van der Waals surface area (Å²) >= 11 is 0. The smallest absolute Gasteiger partial charge is 0.405 e. The molecule has 1 rings (SSSR count). The molecule has 0 unspecified atom stereocenters. The molecule has 0 aliphatic rings. The minimum absolute atomic E-state index is 0.428. The van der Waals surface area contributed by atoms with Crippen LogP contribution < -0.4 is 4.74 Å². The quantitative estimate of drug-likeness (QED) is 0.604. The number of rotatable bonds is 2. The maximum Gasteiger partial charge on any atom is 0.573 e. The number of hydrogen-bond acceptors (Lipinski definition) is 3. The summed E-state index contributed by atoms with van der Waals surface area (Å²) in [7, 11) is -5.06. The Kier molecular flexibility index (Phi) is 3.13. The molecule has 0 heterocycles. The summed E-state index contributed by atoms with van der Waals surface area (Å²) in [5.74, 6) is -0.744. The van der Waals surface area contributed by atoms with Crippen LogP contribution in [0.3, 0.4) is 0 Å². The van der Waals surface area contributed by atoms with Crippen molar-refractivity contribution in [2.45, 2.75) is 18.2 Å². The Morgan fingerprint density at radius 1 is 1.25 bits per heavy atom. The van der Waals surface area contributed by atoms with Crippen LogP contribution in [-0.4, -0.2) is 14.8 Å². The highest BCUT2D eigenvalue weighted by atomic mass is 32.3. The summed E-state index contributed by atoms with van der Waals surface area (Å²) < 4.78 is 73.0. The predicted molar refractivity (Wildman–Crippen MR) is 46.2 cm³/mol. The van der Waals surface area contributed by atoms with E-state index in [0.717, 1.165) is 25.1 Å². The molecule has 3 nitrogen and oxygen atoms in total. The van der Waals surface area contributed by atoms with Crippen LogP contribution in [0.2, 0.25) is 0 Å². The molecule has 0 aliphatic carbocycles. The van der Waals surface area contributed by atoms with Gasteiger partial charge in [-0.15, -0.1) is 17.1 Å². The third-order valence-electron chi connectivity index (χ3n) is 1.72. The van der Waals surface area contributed by atoms with Crippen molar-refractivity contribution >= 4 is 10.2 Å². The number of benzene rings is 1. The summed E-state index contributed by atoms with van der Waals surface area (Å²) in [6.07, 6.45) is -4.95. The predicted octanol–water partition coefficient (Wildman–Crippen LogP) is 2.55. The second kappa shape index (κ2) is 3.93. The maximum absolute atomic E-state index is 12.6. The highest BCUT2D eigenvalue weighted by molar-refractivity contribution is 7.86. The Hall–Kier alpha value is -1.31. The molecule has 0 saturated heterocycles. The zero-order valence-corrected chi connectivity index (χ0v) is 8.69. The molecule has 1 aromatic rings. The monoisotopic (exact) mass is 258 g/mol. The maximum atomic E-state index is 12.6. The third kappa shape index (κ3) is 3.09. The van der Waals surface area contributed by atoms with Crippen LogP contribution in [0.4, 0.5) is 17.1 Å². The van der Waals surface area contributed by atoms with Gasteiger partial charge in [0.15, 0.2) is 0 Å². The van der Waals surface area contributed by atoms with E-state index in [1.165, 1.54) is 0 Å². The van der Waals surface area contributed by atoms with E-state index < -0.39 is 32.8 Å². The first kappa shape index (κ1) is 12.8. The van der Waals surface area contributed by atoms with Gasteiger partial charge < -0.3 is 4.74 Å². The average molecular weight is 258 g/mol. The van der Waals surface area contributed by atoms with Crippen molar-refractivity contribution in [2.24, 2.45) is 0 Å². The van der Waals surface area contributed by atoms with Crippen LogP contribution in [0.25, 0.3) is 0 Å². The fraction of sp³-hybridized carbons (Fsp3) is 0.250. The van der Waals surface area contributed by atoms with Crippen molar-refractivity contribution < 1.29 is 30.2 Å². The zero-order valence-electron chi connectivity index (χ0n) is 7.88. The summed E-state index contributed by atoms with van der Waals surface area (Å²) in [6.45, 7) is 1.02. The van der Waals surface area contributed by atoms with Gasteiger partial charge in [0.1, 0.15) is 10.6 Å². The largest absolute Gasteiger partial charge is 0.573 e. The molecule has 0 spiro atoms. The van der Waals surface area contributed by atoms with Gasteiger partial charge in [-0.05, 0) is 19.1 Å². The highest BCUT2D eigenvalue weighted by Gasteiger charge is 2.32. The van der Waals surface area contributed by atoms with E-state index >= 15 is 0 Å². The van der Waals surface area contributed by atoms with Crippen molar-refractivity contribution in [3.05, 3.63) is 23.8 Å². The first-order valence-corrected chi connectivity index (χ1v) is 5.29. The Balaban J connectivity index is 3.25. The highest BCUT2D eigenvalue weighted by Crippen LogP contribution is 2.30. The van der Waals surface area contributed by atoms with Gasteiger partial charge in [0.25, 0.3) is 0 Å². The van der Waals surface area contributed by atoms with Crippen LogP contribution >= 0.6 is 0 Å². The molecule has 8 heteroatoms. The Morgan fingerprint density at radius 3 is 2.25 bits per heavy atom. The minimum Gasteiger partial charge on any atom is -0.405 e. The van der Waals surface area contributed by atoms with Crippen LogP contribution in [0.5, 0.6) is 5.75 Å². The van der Waals surface area contributed by atoms with E-state index in [4.69, 9.17) is 0 Å². The Bertz CT molecular complexity index is 492. The normalized spacial score (nSPS) is 12.6. The number of hydrogen-bond donors (Lipinski definition) is 0. The SMILES string of the molecule is Cc1c(OC(F)(F)F)cccc1S(=O)(=O)F. The van der Waals surface area contributed by atoms with Crippen molar-refractivity contribution in [3.8, 4) is 5.75 Å². The molecule has 0 radical (unpaired) electrons. The van der Waals surface area contributed by atoms with Gasteiger partial charge in [0.05, 0.1) is 0 Å². The van der Waals surface area contributed by atoms with Crippen LogP contribution in [0.1, 0.15) is 5.56 Å². The molecule has 0 atom stereocenters. The summed E-state index contributed by atoms with van der Waals surface area (Å²) in [5.41, 5.74) is -0.428. The summed E-state index contributed by atoms with van der Waals surface area (Å²) in [6, 6.07) is 2.71. The number of halogens is 4. The van der Waals surface area contributed by atoms with E-state index in [1.54, 1.807) is 0 Å². The average Bonchev–Trinajstić information content (AvgIpc) is 2.04. The van der Waals surface area contributed by atoms with Gasteiger partial charge in [-0.1, -0.05) is 6.07 Å². The van der Waals surface area contributed by atoms with Crippen molar-refractivity contribution in [1.29, 1.82) is 0 Å². The topological polar surface area (TPSA) is 43.4 Å². The molecule has 1 aromatic carbocycles. The van der Waals surface area contributed by atoms with E-state index in [-0.39, 0.29) is 0 Å². The number of alkyl halides is 3. The molecule has 90 valence electrons. The van der Waals surface area contributed by atoms with Gasteiger partial charge in [0, 0.05) is 5.56 Å². The molecule has 0 bridgehead atoms. The van der Waals surface area contributed by atoms with Crippen molar-refractivity contribution in [2.75, 3.05) is 0 Å². The fourth-order valence-electron chi connectivity index (χ4n) is 1.09. The molecule has 0 saturated carbocycles. The molecule has 0 fully saturated rings. The third-order valence-corrected chi connectivity index (χ3v) is 2.69. The second-order valence-corrected chi connectivity index (χ2v) is 4.18. The molecule has 0 amide bonds. The van der Waals surface area contributed by atoms with Gasteiger partial charge >= 0.3 is 16.6 Å². The lowest BCUT2D eigenvalue weighted by Gasteiger charge is -2.12. The van der Waals surface area contributed by atoms with Crippen LogP contribution in [-0.2, 0) is 10.2 Å². The Labute approximate surface area is 88.9 Å². The van der Waals surface area contributed by atoms with Gasteiger partial charge in [-0.25, -0.2) is 0 Å². The number of ether oxygens (including phenoxy) is 1. The van der Waals surface area contributed by atoms with Crippen LogP contribution in [0.15, 0.2) is 23.1 Å². The molecular formula is C8H6F4O3S. The molecule has 16 heavy (non-hydrogen) atoms. The first-order chi connectivity index (χ1) is 7.11. The van der Waals surface area contributed by atoms with Gasteiger partial charge in [-0.2, -0.15) is 8.42 Å². The second-order valence-electron chi connectivity index (χ2n) is 2.86. The van der Waals surface area contributed by atoms with E-state index in [9.17, 15) is 25.5 Å². The molecule has 0 aliphatic heterocycles. The lowest BCUT2D eigenvalue weighted by molar-refractivity contribution is -0.274. The van der Waals surface area contributed by atoms with E-state index in [1.807, 2.05) is 0 Å². The lowest BCUT2D eigenvalue weighted by Crippen LogP contribution is -2.18. The summed E-state index contributed by atoms with van der Waals surface area (Å²) in [5, 5.41) is 0. The Morgan fingerprint density at radius 2 is 1.81 bits per heavy atom. The zero-order chi connectivity index (χ0) is 12.6. The summed E-state index contributed by atoms with van der Waals surface area (Å²) in [4.78, 5) is -0.839. The van der Waals surface area contributed by atoms with E-state index in [2.05, 4.69) is 4.74 Å². The minimum atomic E-state index is -5.06. The fourth-order valence-corrected chi connectivity index (χ4v) is 1.80. The van der Waals surface area contributed by atoms with Crippen molar-refractivity contribution in [3.63, 3.8) is 0 Å². The standard InChI is InChI=1S/C8H6F4O3S/c1-5-6(15-8(9,10)11)3-2-4-7(5)16(12,13)14/h2-4H,1H3.